The van der Waals surface area contributed by atoms with Gasteiger partial charge in [0.2, 0.25) is 5.91 Å². The molecule has 166 valence electrons. The summed E-state index contributed by atoms with van der Waals surface area (Å²) >= 11 is 0.896. The van der Waals surface area contributed by atoms with Crippen molar-refractivity contribution in [3.05, 3.63) is 46.9 Å². The van der Waals surface area contributed by atoms with Crippen LogP contribution in [0.25, 0.3) is 16.8 Å². The number of fused-ring (bicyclic) bond motifs is 1. The van der Waals surface area contributed by atoms with Crippen molar-refractivity contribution in [3.63, 3.8) is 0 Å². The van der Waals surface area contributed by atoms with E-state index in [4.69, 9.17) is 4.74 Å². The van der Waals surface area contributed by atoms with Gasteiger partial charge >= 0.3 is 0 Å². The molecule has 7 nitrogen and oxygen atoms in total. The average Bonchev–Trinajstić information content (AvgIpc) is 3.44. The Bertz CT molecular complexity index is 1100. The first-order valence-corrected chi connectivity index (χ1v) is 11.8. The van der Waals surface area contributed by atoms with Crippen LogP contribution in [0.1, 0.15) is 18.4 Å². The van der Waals surface area contributed by atoms with Crippen LogP contribution in [0.2, 0.25) is 0 Å². The fraction of sp³-hybridized carbons (Fsp3) is 0.375. The van der Waals surface area contributed by atoms with Crippen LogP contribution in [-0.2, 0) is 14.3 Å². The van der Waals surface area contributed by atoms with E-state index < -0.39 is 11.1 Å². The summed E-state index contributed by atoms with van der Waals surface area (Å²) in [4.78, 5) is 43.5. The first-order valence-electron chi connectivity index (χ1n) is 11.0. The lowest BCUT2D eigenvalue weighted by Crippen LogP contribution is -2.46. The summed E-state index contributed by atoms with van der Waals surface area (Å²) in [6, 6.07) is 12.3. The molecule has 3 aliphatic heterocycles. The second-order valence-electron chi connectivity index (χ2n) is 8.17. The smallest absolute Gasteiger partial charge is 0.294 e. The minimum absolute atomic E-state index is 0.225. The van der Waals surface area contributed by atoms with Gasteiger partial charge in [-0.05, 0) is 47.7 Å². The van der Waals surface area contributed by atoms with E-state index in [9.17, 15) is 14.4 Å². The monoisotopic (exact) mass is 451 g/mol. The van der Waals surface area contributed by atoms with Gasteiger partial charge in [0.25, 0.3) is 11.1 Å². The summed E-state index contributed by atoms with van der Waals surface area (Å²) < 4.78 is 5.26. The number of morpholine rings is 1. The molecule has 5 rings (SSSR count). The van der Waals surface area contributed by atoms with E-state index in [-0.39, 0.29) is 12.5 Å². The number of imide groups is 1. The molecule has 2 aromatic rings. The minimum Gasteiger partial charge on any atom is -0.378 e. The van der Waals surface area contributed by atoms with Gasteiger partial charge in [-0.1, -0.05) is 30.3 Å². The van der Waals surface area contributed by atoms with Crippen LogP contribution in [0.15, 0.2) is 41.3 Å². The SMILES string of the molecule is O=C(CN1C(=O)SC(=Cc2ccc(N3CCCC3)c3ccccc23)C1=O)N1CCOCC1. The maximum absolute atomic E-state index is 13.0. The third-order valence-corrected chi connectivity index (χ3v) is 7.11. The first kappa shape index (κ1) is 21.0. The average molecular weight is 452 g/mol. The molecule has 0 N–H and O–H groups in total. The van der Waals surface area contributed by atoms with Crippen molar-refractivity contribution in [3.8, 4) is 0 Å². The van der Waals surface area contributed by atoms with Gasteiger partial charge in [-0.25, -0.2) is 0 Å². The Balaban J connectivity index is 1.40. The molecule has 0 bridgehead atoms. The Morgan fingerprint density at radius 2 is 1.69 bits per heavy atom. The molecule has 0 aromatic heterocycles. The van der Waals surface area contributed by atoms with E-state index in [0.717, 1.165) is 46.1 Å². The highest BCUT2D eigenvalue weighted by molar-refractivity contribution is 8.18. The van der Waals surface area contributed by atoms with Crippen LogP contribution in [0.5, 0.6) is 0 Å². The summed E-state index contributed by atoms with van der Waals surface area (Å²) in [5, 5.41) is 1.79. The lowest BCUT2D eigenvalue weighted by atomic mass is 10.0. The molecule has 2 aromatic carbocycles. The Morgan fingerprint density at radius 3 is 2.44 bits per heavy atom. The van der Waals surface area contributed by atoms with Gasteiger partial charge in [0, 0.05) is 37.3 Å². The minimum atomic E-state index is -0.408. The molecular formula is C24H25N3O4S. The maximum atomic E-state index is 13.0. The molecule has 0 atom stereocenters. The molecule has 3 saturated heterocycles. The molecule has 0 saturated carbocycles. The zero-order valence-electron chi connectivity index (χ0n) is 17.8. The van der Waals surface area contributed by atoms with Crippen LogP contribution in [0, 0.1) is 0 Å². The maximum Gasteiger partial charge on any atom is 0.294 e. The summed E-state index contributed by atoms with van der Waals surface area (Å²) in [5.41, 5.74) is 2.10. The number of nitrogens with zero attached hydrogens (tertiary/aromatic N) is 3. The van der Waals surface area contributed by atoms with E-state index >= 15 is 0 Å². The third-order valence-electron chi connectivity index (χ3n) is 6.20. The molecule has 0 aliphatic carbocycles. The van der Waals surface area contributed by atoms with Gasteiger partial charge in [0.05, 0.1) is 18.1 Å². The van der Waals surface area contributed by atoms with Gasteiger partial charge in [0.15, 0.2) is 0 Å². The lowest BCUT2D eigenvalue weighted by Gasteiger charge is -2.28. The quantitative estimate of drug-likeness (QED) is 0.664. The predicted octanol–water partition coefficient (Wildman–Crippen LogP) is 3.34. The largest absolute Gasteiger partial charge is 0.378 e. The highest BCUT2D eigenvalue weighted by Gasteiger charge is 2.37. The Hall–Kier alpha value is -2.84. The Morgan fingerprint density at radius 1 is 0.969 bits per heavy atom. The normalized spacial score (nSPS) is 20.8. The van der Waals surface area contributed by atoms with Crippen molar-refractivity contribution in [1.29, 1.82) is 0 Å². The first-order chi connectivity index (χ1) is 15.6. The van der Waals surface area contributed by atoms with Crippen molar-refractivity contribution in [2.45, 2.75) is 12.8 Å². The zero-order chi connectivity index (χ0) is 22.1. The summed E-state index contributed by atoms with van der Waals surface area (Å²) in [7, 11) is 0. The number of rotatable bonds is 4. The molecule has 3 amide bonds. The molecule has 0 spiro atoms. The fourth-order valence-electron chi connectivity index (χ4n) is 4.49. The number of benzene rings is 2. The number of carbonyl (C=O) groups is 3. The Labute approximate surface area is 191 Å². The van der Waals surface area contributed by atoms with Crippen LogP contribution in [-0.4, -0.2) is 72.8 Å². The molecular weight excluding hydrogens is 426 g/mol. The van der Waals surface area contributed by atoms with E-state index in [1.807, 2.05) is 24.3 Å². The molecule has 3 heterocycles. The van der Waals surface area contributed by atoms with Crippen LogP contribution in [0.3, 0.4) is 0 Å². The van der Waals surface area contributed by atoms with E-state index in [2.05, 4.69) is 17.0 Å². The summed E-state index contributed by atoms with van der Waals surface area (Å²) in [6.07, 6.45) is 4.18. The van der Waals surface area contributed by atoms with Crippen molar-refractivity contribution in [2.75, 3.05) is 50.8 Å². The van der Waals surface area contributed by atoms with Gasteiger partial charge in [0.1, 0.15) is 6.54 Å². The van der Waals surface area contributed by atoms with Gasteiger partial charge in [-0.15, -0.1) is 0 Å². The van der Waals surface area contributed by atoms with E-state index in [1.54, 1.807) is 11.0 Å². The molecule has 3 aliphatic rings. The highest BCUT2D eigenvalue weighted by atomic mass is 32.2. The number of amides is 3. The van der Waals surface area contributed by atoms with E-state index in [1.165, 1.54) is 18.5 Å². The number of carbonyl (C=O) groups excluding carboxylic acids is 3. The number of thioether (sulfide) groups is 1. The predicted molar refractivity (Wildman–Crippen MR) is 125 cm³/mol. The molecule has 0 radical (unpaired) electrons. The van der Waals surface area contributed by atoms with Gasteiger partial charge in [-0.3, -0.25) is 19.3 Å². The van der Waals surface area contributed by atoms with Crippen LogP contribution in [0.4, 0.5) is 10.5 Å². The molecule has 32 heavy (non-hydrogen) atoms. The van der Waals surface area contributed by atoms with Gasteiger partial charge < -0.3 is 14.5 Å². The highest BCUT2D eigenvalue weighted by Crippen LogP contribution is 2.36. The summed E-state index contributed by atoms with van der Waals surface area (Å²) in [5.74, 6) is -0.633. The van der Waals surface area contributed by atoms with E-state index in [0.29, 0.717) is 31.2 Å². The third kappa shape index (κ3) is 4.00. The Kier molecular flexibility index (Phi) is 5.89. The van der Waals surface area contributed by atoms with Crippen molar-refractivity contribution < 1.29 is 19.1 Å². The second-order valence-corrected chi connectivity index (χ2v) is 9.17. The van der Waals surface area contributed by atoms with Gasteiger partial charge in [-0.2, -0.15) is 0 Å². The van der Waals surface area contributed by atoms with Crippen molar-refractivity contribution in [2.24, 2.45) is 0 Å². The number of anilines is 1. The molecule has 8 heteroatoms. The van der Waals surface area contributed by atoms with Crippen molar-refractivity contribution >= 4 is 51.4 Å². The zero-order valence-corrected chi connectivity index (χ0v) is 18.6. The van der Waals surface area contributed by atoms with Crippen LogP contribution >= 0.6 is 11.8 Å². The lowest BCUT2D eigenvalue weighted by molar-refractivity contribution is -0.139. The standard InChI is InChI=1S/C24H25N3O4S/c28-22(26-11-13-31-14-12-26)16-27-23(29)21(32-24(27)30)15-17-7-8-20(25-9-3-4-10-25)19-6-2-1-5-18(17)19/h1-2,5-8,15H,3-4,9-14,16H2. The molecule has 0 unspecified atom stereocenters. The topological polar surface area (TPSA) is 70.2 Å². The molecule has 3 fully saturated rings. The fourth-order valence-corrected chi connectivity index (χ4v) is 5.32. The van der Waals surface area contributed by atoms with Crippen molar-refractivity contribution in [1.82, 2.24) is 9.80 Å². The number of hydrogen-bond acceptors (Lipinski definition) is 6. The van der Waals surface area contributed by atoms with Crippen LogP contribution < -0.4 is 4.90 Å². The summed E-state index contributed by atoms with van der Waals surface area (Å²) in [6.45, 7) is 3.82. The number of hydrogen-bond donors (Lipinski definition) is 0. The second kappa shape index (κ2) is 8.96. The number of ether oxygens (including phenoxy) is 1.